The predicted molar refractivity (Wildman–Crippen MR) is 82.6 cm³/mol. The van der Waals surface area contributed by atoms with Gasteiger partial charge < -0.3 is 15.0 Å². The Morgan fingerprint density at radius 3 is 3.00 bits per heavy atom. The summed E-state index contributed by atoms with van der Waals surface area (Å²) >= 11 is 0. The van der Waals surface area contributed by atoms with Crippen LogP contribution in [-0.4, -0.2) is 38.3 Å². The van der Waals surface area contributed by atoms with Crippen molar-refractivity contribution in [3.63, 3.8) is 0 Å². The molecule has 2 aromatic rings. The van der Waals surface area contributed by atoms with E-state index < -0.39 is 0 Å². The van der Waals surface area contributed by atoms with Crippen molar-refractivity contribution < 1.29 is 4.74 Å². The SMILES string of the molecule is CN(C)c1ccc2ccnc(OCC3CCCN3)c2c1. The van der Waals surface area contributed by atoms with Gasteiger partial charge in [-0.1, -0.05) is 6.07 Å². The van der Waals surface area contributed by atoms with Gasteiger partial charge in [0, 0.05) is 37.4 Å². The molecule has 1 aromatic carbocycles. The maximum Gasteiger partial charge on any atom is 0.221 e. The molecule has 0 radical (unpaired) electrons. The Balaban J connectivity index is 1.86. The molecular formula is C16H21N3O. The number of hydrogen-bond acceptors (Lipinski definition) is 4. The summed E-state index contributed by atoms with van der Waals surface area (Å²) in [5.74, 6) is 0.736. The minimum atomic E-state index is 0.462. The first-order valence-electron chi connectivity index (χ1n) is 7.16. The van der Waals surface area contributed by atoms with E-state index in [-0.39, 0.29) is 0 Å². The normalized spacial score (nSPS) is 18.4. The van der Waals surface area contributed by atoms with Gasteiger partial charge in [-0.05, 0) is 43.0 Å². The molecule has 0 aliphatic carbocycles. The van der Waals surface area contributed by atoms with E-state index in [2.05, 4.69) is 33.4 Å². The van der Waals surface area contributed by atoms with Gasteiger partial charge in [-0.2, -0.15) is 0 Å². The van der Waals surface area contributed by atoms with E-state index in [1.165, 1.54) is 18.2 Å². The fraction of sp³-hybridized carbons (Fsp3) is 0.438. The maximum atomic E-state index is 5.95. The van der Waals surface area contributed by atoms with Crippen LogP contribution in [0.1, 0.15) is 12.8 Å². The highest BCUT2D eigenvalue weighted by molar-refractivity contribution is 5.89. The van der Waals surface area contributed by atoms with Gasteiger partial charge in [0.05, 0.1) is 0 Å². The van der Waals surface area contributed by atoms with Crippen LogP contribution < -0.4 is 15.0 Å². The summed E-state index contributed by atoms with van der Waals surface area (Å²) in [6.07, 6.45) is 4.24. The van der Waals surface area contributed by atoms with E-state index in [9.17, 15) is 0 Å². The molecule has 0 spiro atoms. The van der Waals surface area contributed by atoms with Crippen molar-refractivity contribution in [1.29, 1.82) is 0 Å². The number of fused-ring (bicyclic) bond motifs is 1. The second-order valence-electron chi connectivity index (χ2n) is 5.52. The molecule has 0 bridgehead atoms. The molecule has 1 saturated heterocycles. The van der Waals surface area contributed by atoms with E-state index in [0.717, 1.165) is 23.5 Å². The molecule has 1 aromatic heterocycles. The van der Waals surface area contributed by atoms with E-state index in [4.69, 9.17) is 4.74 Å². The minimum Gasteiger partial charge on any atom is -0.476 e. The van der Waals surface area contributed by atoms with Gasteiger partial charge in [0.15, 0.2) is 0 Å². The zero-order valence-corrected chi connectivity index (χ0v) is 12.1. The highest BCUT2D eigenvalue weighted by Crippen LogP contribution is 2.27. The first-order chi connectivity index (χ1) is 9.74. The number of pyridine rings is 1. The number of nitrogens with zero attached hydrogens (tertiary/aromatic N) is 2. The average molecular weight is 271 g/mol. The fourth-order valence-electron chi connectivity index (χ4n) is 2.60. The monoisotopic (exact) mass is 271 g/mol. The van der Waals surface area contributed by atoms with E-state index >= 15 is 0 Å². The van der Waals surface area contributed by atoms with Crippen LogP contribution in [0.15, 0.2) is 30.5 Å². The maximum absolute atomic E-state index is 5.95. The molecule has 0 saturated carbocycles. The summed E-state index contributed by atoms with van der Waals surface area (Å²) in [5, 5.41) is 5.69. The molecule has 4 heteroatoms. The van der Waals surface area contributed by atoms with E-state index in [1.807, 2.05) is 26.4 Å². The average Bonchev–Trinajstić information content (AvgIpc) is 2.97. The lowest BCUT2D eigenvalue weighted by Crippen LogP contribution is -2.28. The van der Waals surface area contributed by atoms with E-state index in [0.29, 0.717) is 12.6 Å². The van der Waals surface area contributed by atoms with Crippen LogP contribution in [-0.2, 0) is 0 Å². The zero-order valence-electron chi connectivity index (χ0n) is 12.1. The highest BCUT2D eigenvalue weighted by atomic mass is 16.5. The highest BCUT2D eigenvalue weighted by Gasteiger charge is 2.15. The first kappa shape index (κ1) is 13.2. The fourth-order valence-corrected chi connectivity index (χ4v) is 2.60. The van der Waals surface area contributed by atoms with Crippen molar-refractivity contribution in [2.75, 3.05) is 32.1 Å². The zero-order chi connectivity index (χ0) is 13.9. The Bertz CT molecular complexity index is 591. The second kappa shape index (κ2) is 5.67. The summed E-state index contributed by atoms with van der Waals surface area (Å²) in [5.41, 5.74) is 1.16. The summed E-state index contributed by atoms with van der Waals surface area (Å²) in [4.78, 5) is 6.49. The topological polar surface area (TPSA) is 37.4 Å². The van der Waals surface area contributed by atoms with E-state index in [1.54, 1.807) is 0 Å². The number of hydrogen-bond donors (Lipinski definition) is 1. The molecule has 3 rings (SSSR count). The Morgan fingerprint density at radius 2 is 2.25 bits per heavy atom. The Kier molecular flexibility index (Phi) is 3.74. The third-order valence-electron chi connectivity index (χ3n) is 3.81. The summed E-state index contributed by atoms with van der Waals surface area (Å²) in [6, 6.07) is 8.86. The number of aromatic nitrogens is 1. The van der Waals surface area contributed by atoms with Crippen LogP contribution in [0.3, 0.4) is 0 Å². The molecule has 0 amide bonds. The molecule has 106 valence electrons. The van der Waals surface area contributed by atoms with Gasteiger partial charge >= 0.3 is 0 Å². The molecule has 1 unspecified atom stereocenters. The van der Waals surface area contributed by atoms with Crippen LogP contribution in [0.2, 0.25) is 0 Å². The van der Waals surface area contributed by atoms with Gasteiger partial charge in [-0.25, -0.2) is 4.98 Å². The summed E-state index contributed by atoms with van der Waals surface area (Å²) in [6.45, 7) is 1.79. The van der Waals surface area contributed by atoms with Crippen molar-refractivity contribution in [1.82, 2.24) is 10.3 Å². The number of benzene rings is 1. The number of ether oxygens (including phenoxy) is 1. The predicted octanol–water partition coefficient (Wildman–Crippen LogP) is 2.43. The Hall–Kier alpha value is -1.81. The van der Waals surface area contributed by atoms with Gasteiger partial charge in [0.25, 0.3) is 0 Å². The number of anilines is 1. The van der Waals surface area contributed by atoms with Gasteiger partial charge in [-0.15, -0.1) is 0 Å². The largest absolute Gasteiger partial charge is 0.476 e. The molecule has 1 aliphatic rings. The molecule has 1 aliphatic heterocycles. The second-order valence-corrected chi connectivity index (χ2v) is 5.52. The third-order valence-corrected chi connectivity index (χ3v) is 3.81. The van der Waals surface area contributed by atoms with Gasteiger partial charge in [0.1, 0.15) is 6.61 Å². The van der Waals surface area contributed by atoms with Crippen LogP contribution in [0.25, 0.3) is 10.8 Å². The molecular weight excluding hydrogens is 250 g/mol. The third kappa shape index (κ3) is 2.70. The summed E-state index contributed by atoms with van der Waals surface area (Å²) in [7, 11) is 4.08. The molecule has 20 heavy (non-hydrogen) atoms. The number of nitrogens with one attached hydrogen (secondary N) is 1. The lowest BCUT2D eigenvalue weighted by atomic mass is 10.1. The molecule has 1 N–H and O–H groups in total. The molecule has 2 heterocycles. The number of rotatable bonds is 4. The molecule has 1 atom stereocenters. The van der Waals surface area contributed by atoms with Crippen molar-refractivity contribution in [3.8, 4) is 5.88 Å². The van der Waals surface area contributed by atoms with Gasteiger partial charge in [0.2, 0.25) is 5.88 Å². The van der Waals surface area contributed by atoms with Crippen LogP contribution in [0, 0.1) is 0 Å². The van der Waals surface area contributed by atoms with Crippen molar-refractivity contribution in [2.24, 2.45) is 0 Å². The molecule has 1 fully saturated rings. The van der Waals surface area contributed by atoms with Crippen LogP contribution in [0.5, 0.6) is 5.88 Å². The van der Waals surface area contributed by atoms with Crippen molar-refractivity contribution in [3.05, 3.63) is 30.5 Å². The minimum absolute atomic E-state index is 0.462. The quantitative estimate of drug-likeness (QED) is 0.927. The van der Waals surface area contributed by atoms with Crippen LogP contribution in [0.4, 0.5) is 5.69 Å². The smallest absolute Gasteiger partial charge is 0.221 e. The lowest BCUT2D eigenvalue weighted by molar-refractivity contribution is 0.271. The van der Waals surface area contributed by atoms with Gasteiger partial charge in [-0.3, -0.25) is 0 Å². The first-order valence-corrected chi connectivity index (χ1v) is 7.16. The summed E-state index contributed by atoms with van der Waals surface area (Å²) < 4.78 is 5.95. The van der Waals surface area contributed by atoms with Crippen LogP contribution >= 0.6 is 0 Å². The lowest BCUT2D eigenvalue weighted by Gasteiger charge is -2.16. The van der Waals surface area contributed by atoms with Crippen molar-refractivity contribution in [2.45, 2.75) is 18.9 Å². The van der Waals surface area contributed by atoms with Crippen molar-refractivity contribution >= 4 is 16.5 Å². The molecule has 4 nitrogen and oxygen atoms in total. The standard InChI is InChI=1S/C16H21N3O/c1-19(2)14-6-5-12-7-9-18-16(15(12)10-14)20-11-13-4-3-8-17-13/h5-7,9-10,13,17H,3-4,8,11H2,1-2H3. The Labute approximate surface area is 119 Å². The Morgan fingerprint density at radius 1 is 1.35 bits per heavy atom.